The quantitative estimate of drug-likeness (QED) is 0.735. The molecule has 1 aliphatic heterocycles. The summed E-state index contributed by atoms with van der Waals surface area (Å²) in [5.74, 6) is 0.171. The number of benzene rings is 2. The molecule has 0 unspecified atom stereocenters. The highest BCUT2D eigenvalue weighted by Gasteiger charge is 2.53. The Bertz CT molecular complexity index is 819. The molecule has 0 bridgehead atoms. The van der Waals surface area contributed by atoms with Crippen LogP contribution in [0.15, 0.2) is 48.5 Å². The normalized spacial score (nSPS) is 22.3. The molecule has 2 aromatic rings. The lowest BCUT2D eigenvalue weighted by atomic mass is 9.72. The average molecular weight is 403 g/mol. The van der Waals surface area contributed by atoms with Gasteiger partial charge in [-0.15, -0.1) is 12.4 Å². The van der Waals surface area contributed by atoms with Gasteiger partial charge in [-0.3, -0.25) is 4.79 Å². The monoisotopic (exact) mass is 402 g/mol. The van der Waals surface area contributed by atoms with Crippen molar-refractivity contribution in [3.8, 4) is 5.75 Å². The molecular formula is C22H27ClN2O3. The molecule has 2 aromatic carbocycles. The molecule has 4 rings (SSSR count). The van der Waals surface area contributed by atoms with Gasteiger partial charge in [-0.2, -0.15) is 0 Å². The van der Waals surface area contributed by atoms with Crippen LogP contribution in [-0.4, -0.2) is 37.3 Å². The van der Waals surface area contributed by atoms with Gasteiger partial charge in [-0.25, -0.2) is 0 Å². The molecule has 28 heavy (non-hydrogen) atoms. The highest BCUT2D eigenvalue weighted by Crippen LogP contribution is 2.51. The molecule has 5 nitrogen and oxygen atoms in total. The van der Waals surface area contributed by atoms with E-state index < -0.39 is 0 Å². The molecule has 2 aliphatic rings. The number of nitrogens with one attached hydrogen (secondary N) is 2. The lowest BCUT2D eigenvalue weighted by Gasteiger charge is -2.40. The Morgan fingerprint density at radius 1 is 1.18 bits per heavy atom. The van der Waals surface area contributed by atoms with Crippen molar-refractivity contribution >= 4 is 18.3 Å². The van der Waals surface area contributed by atoms with E-state index in [1.807, 2.05) is 6.07 Å². The molecule has 1 amide bonds. The topological polar surface area (TPSA) is 70.6 Å². The molecule has 1 heterocycles. The second-order valence-corrected chi connectivity index (χ2v) is 7.54. The van der Waals surface area contributed by atoms with Gasteiger partial charge in [0.2, 0.25) is 5.91 Å². The molecule has 3 N–H and O–H groups in total. The minimum atomic E-state index is -0.145. The number of phenols is 1. The van der Waals surface area contributed by atoms with Crippen LogP contribution in [0, 0.1) is 0 Å². The van der Waals surface area contributed by atoms with E-state index in [-0.39, 0.29) is 48.0 Å². The van der Waals surface area contributed by atoms with Crippen molar-refractivity contribution in [1.29, 1.82) is 0 Å². The SMILES string of the molecule is CO[C@H]1[C@H](NC(=O)Cc2ccc(O)cc2)c2ccccc2C12CCNCC2.Cl. The third-order valence-corrected chi connectivity index (χ3v) is 6.05. The first-order chi connectivity index (χ1) is 13.1. The number of hydrogen-bond acceptors (Lipinski definition) is 4. The van der Waals surface area contributed by atoms with Crippen molar-refractivity contribution in [2.45, 2.75) is 36.8 Å². The molecule has 1 saturated heterocycles. The van der Waals surface area contributed by atoms with Gasteiger partial charge in [-0.05, 0) is 54.8 Å². The number of methoxy groups -OCH3 is 1. The van der Waals surface area contributed by atoms with Gasteiger partial charge < -0.3 is 20.5 Å². The zero-order valence-corrected chi connectivity index (χ0v) is 16.8. The molecule has 0 saturated carbocycles. The summed E-state index contributed by atoms with van der Waals surface area (Å²) < 4.78 is 5.99. The lowest BCUT2D eigenvalue weighted by molar-refractivity contribution is -0.122. The van der Waals surface area contributed by atoms with Gasteiger partial charge in [-0.1, -0.05) is 36.4 Å². The van der Waals surface area contributed by atoms with Crippen molar-refractivity contribution in [2.24, 2.45) is 0 Å². The van der Waals surface area contributed by atoms with Crippen LogP contribution in [0.5, 0.6) is 5.75 Å². The molecule has 1 aliphatic carbocycles. The molecule has 0 aromatic heterocycles. The van der Waals surface area contributed by atoms with E-state index in [0.29, 0.717) is 0 Å². The summed E-state index contributed by atoms with van der Waals surface area (Å²) in [4.78, 5) is 12.8. The average Bonchev–Trinajstić information content (AvgIpc) is 2.93. The Labute approximate surface area is 171 Å². The number of piperidine rings is 1. The van der Waals surface area contributed by atoms with E-state index in [1.54, 1.807) is 31.4 Å². The summed E-state index contributed by atoms with van der Waals surface area (Å²) in [6, 6.07) is 15.0. The molecular weight excluding hydrogens is 376 g/mol. The van der Waals surface area contributed by atoms with E-state index >= 15 is 0 Å². The van der Waals surface area contributed by atoms with Crippen LogP contribution < -0.4 is 10.6 Å². The van der Waals surface area contributed by atoms with Crippen LogP contribution >= 0.6 is 12.4 Å². The van der Waals surface area contributed by atoms with Crippen molar-refractivity contribution in [1.82, 2.24) is 10.6 Å². The Balaban J connectivity index is 0.00000225. The third-order valence-electron chi connectivity index (χ3n) is 6.05. The van der Waals surface area contributed by atoms with Crippen molar-refractivity contribution in [2.75, 3.05) is 20.2 Å². The predicted octanol–water partition coefficient (Wildman–Crippen LogP) is 2.86. The van der Waals surface area contributed by atoms with Gasteiger partial charge >= 0.3 is 0 Å². The highest BCUT2D eigenvalue weighted by atomic mass is 35.5. The number of aromatic hydroxyl groups is 1. The van der Waals surface area contributed by atoms with E-state index in [2.05, 4.69) is 28.8 Å². The number of hydrogen-bond donors (Lipinski definition) is 3. The zero-order chi connectivity index (χ0) is 18.9. The number of halogens is 1. The summed E-state index contributed by atoms with van der Waals surface area (Å²) >= 11 is 0. The number of ether oxygens (including phenoxy) is 1. The van der Waals surface area contributed by atoms with Crippen molar-refractivity contribution in [3.63, 3.8) is 0 Å². The summed E-state index contributed by atoms with van der Waals surface area (Å²) in [6.07, 6.45) is 2.23. The minimum absolute atomic E-state index is 0. The third kappa shape index (κ3) is 3.62. The molecule has 0 radical (unpaired) electrons. The van der Waals surface area contributed by atoms with Crippen LogP contribution in [-0.2, 0) is 21.4 Å². The maximum absolute atomic E-state index is 12.8. The minimum Gasteiger partial charge on any atom is -0.508 e. The highest BCUT2D eigenvalue weighted by molar-refractivity contribution is 5.85. The largest absolute Gasteiger partial charge is 0.508 e. The maximum atomic E-state index is 12.8. The fourth-order valence-electron chi connectivity index (χ4n) is 4.82. The first kappa shape index (κ1) is 20.6. The summed E-state index contributed by atoms with van der Waals surface area (Å²) in [5.41, 5.74) is 3.31. The van der Waals surface area contributed by atoms with E-state index in [4.69, 9.17) is 4.74 Å². The number of phenolic OH excluding ortho intramolecular Hbond substituents is 1. The smallest absolute Gasteiger partial charge is 0.224 e. The molecule has 6 heteroatoms. The number of fused-ring (bicyclic) bond motifs is 2. The second kappa shape index (κ2) is 8.52. The fraction of sp³-hybridized carbons (Fsp3) is 0.409. The lowest BCUT2D eigenvalue weighted by Crippen LogP contribution is -2.49. The van der Waals surface area contributed by atoms with Gasteiger partial charge in [0, 0.05) is 12.5 Å². The van der Waals surface area contributed by atoms with Gasteiger partial charge in [0.25, 0.3) is 0 Å². The molecule has 2 atom stereocenters. The van der Waals surface area contributed by atoms with Crippen LogP contribution in [0.2, 0.25) is 0 Å². The molecule has 1 fully saturated rings. The zero-order valence-electron chi connectivity index (χ0n) is 16.0. The number of amides is 1. The summed E-state index contributed by atoms with van der Waals surface area (Å²) in [5, 5.41) is 16.1. The second-order valence-electron chi connectivity index (χ2n) is 7.54. The molecule has 150 valence electrons. The van der Waals surface area contributed by atoms with Crippen LogP contribution in [0.3, 0.4) is 0 Å². The molecule has 1 spiro atoms. The van der Waals surface area contributed by atoms with Crippen molar-refractivity contribution < 1.29 is 14.6 Å². The Morgan fingerprint density at radius 2 is 1.86 bits per heavy atom. The van der Waals surface area contributed by atoms with Gasteiger partial charge in [0.15, 0.2) is 0 Å². The summed E-state index contributed by atoms with van der Waals surface area (Å²) in [7, 11) is 1.75. The van der Waals surface area contributed by atoms with Crippen LogP contribution in [0.25, 0.3) is 0 Å². The maximum Gasteiger partial charge on any atom is 0.224 e. The number of rotatable bonds is 4. The van der Waals surface area contributed by atoms with Gasteiger partial charge in [0.1, 0.15) is 5.75 Å². The fourth-order valence-corrected chi connectivity index (χ4v) is 4.82. The Kier molecular flexibility index (Phi) is 6.28. The number of carbonyl (C=O) groups is 1. The van der Waals surface area contributed by atoms with Crippen LogP contribution in [0.4, 0.5) is 0 Å². The standard InChI is InChI=1S/C22H26N2O3.ClH/c1-27-21-20(24-19(26)14-15-6-8-16(25)9-7-15)17-4-2-3-5-18(17)22(21)10-12-23-13-11-22;/h2-9,20-21,23,25H,10-14H2,1H3,(H,24,26);1H/t20-,21+;/m1./s1. The van der Waals surface area contributed by atoms with Gasteiger partial charge in [0.05, 0.1) is 18.6 Å². The van der Waals surface area contributed by atoms with Crippen LogP contribution in [0.1, 0.15) is 35.6 Å². The number of carbonyl (C=O) groups excluding carboxylic acids is 1. The predicted molar refractivity (Wildman–Crippen MR) is 111 cm³/mol. The van der Waals surface area contributed by atoms with E-state index in [9.17, 15) is 9.90 Å². The van der Waals surface area contributed by atoms with Crippen molar-refractivity contribution in [3.05, 3.63) is 65.2 Å². The Hall–Kier alpha value is -2.08. The summed E-state index contributed by atoms with van der Waals surface area (Å²) in [6.45, 7) is 1.92. The first-order valence-electron chi connectivity index (χ1n) is 9.54. The first-order valence-corrected chi connectivity index (χ1v) is 9.54. The van der Waals surface area contributed by atoms with E-state index in [0.717, 1.165) is 31.5 Å². The van der Waals surface area contributed by atoms with E-state index in [1.165, 1.54) is 11.1 Å². The Morgan fingerprint density at radius 3 is 2.54 bits per heavy atom.